The van der Waals surface area contributed by atoms with E-state index in [0.29, 0.717) is 0 Å². The van der Waals surface area contributed by atoms with Crippen LogP contribution >= 0.6 is 22.9 Å². The average Bonchev–Trinajstić information content (AvgIpc) is 2.95. The SMILES string of the molecule is CCCNC(Cc1ccoc1)c1sccc1Cl. The third-order valence-corrected chi connectivity index (χ3v) is 4.09. The molecule has 1 N–H and O–H groups in total. The third-order valence-electron chi connectivity index (χ3n) is 2.62. The van der Waals surface area contributed by atoms with Crippen LogP contribution in [0.5, 0.6) is 0 Å². The zero-order valence-electron chi connectivity index (χ0n) is 9.78. The van der Waals surface area contributed by atoms with E-state index in [1.165, 1.54) is 10.4 Å². The van der Waals surface area contributed by atoms with Crippen molar-refractivity contribution in [3.8, 4) is 0 Å². The number of nitrogens with one attached hydrogen (secondary N) is 1. The van der Waals surface area contributed by atoms with Gasteiger partial charge in [0.25, 0.3) is 0 Å². The van der Waals surface area contributed by atoms with Gasteiger partial charge in [0.1, 0.15) is 0 Å². The highest BCUT2D eigenvalue weighted by Gasteiger charge is 2.16. The van der Waals surface area contributed by atoms with Gasteiger partial charge in [-0.05, 0) is 42.5 Å². The van der Waals surface area contributed by atoms with Gasteiger partial charge < -0.3 is 9.73 Å². The Hall–Kier alpha value is -0.770. The van der Waals surface area contributed by atoms with E-state index < -0.39 is 0 Å². The van der Waals surface area contributed by atoms with E-state index in [0.717, 1.165) is 24.4 Å². The van der Waals surface area contributed by atoms with Gasteiger partial charge in [-0.15, -0.1) is 11.3 Å². The summed E-state index contributed by atoms with van der Waals surface area (Å²) in [6.07, 6.45) is 5.53. The molecule has 92 valence electrons. The van der Waals surface area contributed by atoms with Crippen molar-refractivity contribution in [3.05, 3.63) is 45.5 Å². The lowest BCUT2D eigenvalue weighted by Gasteiger charge is -2.17. The minimum absolute atomic E-state index is 0.278. The number of hydrogen-bond acceptors (Lipinski definition) is 3. The smallest absolute Gasteiger partial charge is 0.0935 e. The molecule has 0 bridgehead atoms. The summed E-state index contributed by atoms with van der Waals surface area (Å²) >= 11 is 7.91. The lowest BCUT2D eigenvalue weighted by atomic mass is 10.1. The Bertz CT molecular complexity index is 438. The minimum atomic E-state index is 0.278. The summed E-state index contributed by atoms with van der Waals surface area (Å²) in [6.45, 7) is 3.16. The molecule has 0 aliphatic rings. The quantitative estimate of drug-likeness (QED) is 0.847. The highest BCUT2D eigenvalue weighted by molar-refractivity contribution is 7.10. The van der Waals surface area contributed by atoms with E-state index in [4.69, 9.17) is 16.0 Å². The third kappa shape index (κ3) is 3.35. The van der Waals surface area contributed by atoms with Crippen molar-refractivity contribution in [2.24, 2.45) is 0 Å². The van der Waals surface area contributed by atoms with Crippen LogP contribution in [0, 0.1) is 0 Å². The predicted molar refractivity (Wildman–Crippen MR) is 72.8 cm³/mol. The van der Waals surface area contributed by atoms with Crippen LogP contribution in [-0.2, 0) is 6.42 Å². The second-order valence-corrected chi connectivity index (χ2v) is 5.33. The average molecular weight is 270 g/mol. The van der Waals surface area contributed by atoms with Gasteiger partial charge >= 0.3 is 0 Å². The second-order valence-electron chi connectivity index (χ2n) is 3.98. The van der Waals surface area contributed by atoms with Crippen LogP contribution in [0.2, 0.25) is 5.02 Å². The van der Waals surface area contributed by atoms with E-state index in [-0.39, 0.29) is 6.04 Å². The van der Waals surface area contributed by atoms with Gasteiger partial charge in [-0.25, -0.2) is 0 Å². The first kappa shape index (κ1) is 12.7. The van der Waals surface area contributed by atoms with Crippen molar-refractivity contribution in [1.29, 1.82) is 0 Å². The fourth-order valence-corrected chi connectivity index (χ4v) is 3.04. The van der Waals surface area contributed by atoms with Gasteiger partial charge in [-0.3, -0.25) is 0 Å². The molecule has 0 amide bonds. The van der Waals surface area contributed by atoms with E-state index >= 15 is 0 Å². The number of furan rings is 1. The molecule has 2 nitrogen and oxygen atoms in total. The van der Waals surface area contributed by atoms with Gasteiger partial charge in [-0.2, -0.15) is 0 Å². The summed E-state index contributed by atoms with van der Waals surface area (Å²) in [4.78, 5) is 1.21. The van der Waals surface area contributed by atoms with Crippen molar-refractivity contribution in [1.82, 2.24) is 5.32 Å². The Kier molecular flexibility index (Phi) is 4.66. The van der Waals surface area contributed by atoms with Gasteiger partial charge in [-0.1, -0.05) is 18.5 Å². The topological polar surface area (TPSA) is 25.2 Å². The van der Waals surface area contributed by atoms with Crippen LogP contribution in [-0.4, -0.2) is 6.54 Å². The Balaban J connectivity index is 2.11. The Morgan fingerprint density at radius 3 is 2.94 bits per heavy atom. The van der Waals surface area contributed by atoms with E-state index in [1.54, 1.807) is 23.9 Å². The summed E-state index contributed by atoms with van der Waals surface area (Å²) < 4.78 is 5.11. The largest absolute Gasteiger partial charge is 0.472 e. The molecule has 2 rings (SSSR count). The van der Waals surface area contributed by atoms with Gasteiger partial charge in [0, 0.05) is 10.9 Å². The molecule has 0 aliphatic carbocycles. The summed E-state index contributed by atoms with van der Waals surface area (Å²) in [5.41, 5.74) is 1.20. The summed E-state index contributed by atoms with van der Waals surface area (Å²) in [5, 5.41) is 6.42. The molecular formula is C13H16ClNOS. The zero-order chi connectivity index (χ0) is 12.1. The molecule has 1 unspecified atom stereocenters. The van der Waals surface area contributed by atoms with Crippen molar-refractivity contribution < 1.29 is 4.42 Å². The second kappa shape index (κ2) is 6.24. The maximum absolute atomic E-state index is 6.20. The van der Waals surface area contributed by atoms with Crippen LogP contribution in [0.1, 0.15) is 29.8 Å². The molecule has 2 aromatic heterocycles. The van der Waals surface area contributed by atoms with Crippen molar-refractivity contribution in [2.75, 3.05) is 6.54 Å². The summed E-state index contributed by atoms with van der Waals surface area (Å²) in [7, 11) is 0. The molecule has 0 fully saturated rings. The van der Waals surface area contributed by atoms with Gasteiger partial charge in [0.2, 0.25) is 0 Å². The van der Waals surface area contributed by atoms with Crippen molar-refractivity contribution in [3.63, 3.8) is 0 Å². The highest BCUT2D eigenvalue weighted by atomic mass is 35.5. The van der Waals surface area contributed by atoms with E-state index in [2.05, 4.69) is 12.2 Å². The normalized spacial score (nSPS) is 12.8. The van der Waals surface area contributed by atoms with Crippen molar-refractivity contribution >= 4 is 22.9 Å². The molecule has 0 radical (unpaired) electrons. The molecule has 0 saturated heterocycles. The molecule has 2 aromatic rings. The fraction of sp³-hybridized carbons (Fsp3) is 0.385. The first-order chi connectivity index (χ1) is 8.31. The van der Waals surface area contributed by atoms with Crippen LogP contribution in [0.25, 0.3) is 0 Å². The Morgan fingerprint density at radius 1 is 1.47 bits per heavy atom. The van der Waals surface area contributed by atoms with Crippen LogP contribution in [0.3, 0.4) is 0 Å². The maximum atomic E-state index is 6.20. The highest BCUT2D eigenvalue weighted by Crippen LogP contribution is 2.30. The van der Waals surface area contributed by atoms with Crippen LogP contribution < -0.4 is 5.32 Å². The summed E-state index contributed by atoms with van der Waals surface area (Å²) in [5.74, 6) is 0. The number of hydrogen-bond donors (Lipinski definition) is 1. The molecule has 0 spiro atoms. The molecule has 1 atom stereocenters. The van der Waals surface area contributed by atoms with Crippen LogP contribution in [0.4, 0.5) is 0 Å². The van der Waals surface area contributed by atoms with Crippen molar-refractivity contribution in [2.45, 2.75) is 25.8 Å². The Labute approximate surface area is 111 Å². The molecule has 2 heterocycles. The number of rotatable bonds is 6. The molecular weight excluding hydrogens is 254 g/mol. The molecule has 0 saturated carbocycles. The molecule has 0 aromatic carbocycles. The minimum Gasteiger partial charge on any atom is -0.472 e. The van der Waals surface area contributed by atoms with Gasteiger partial charge in [0.15, 0.2) is 0 Å². The maximum Gasteiger partial charge on any atom is 0.0935 e. The molecule has 0 aliphatic heterocycles. The van der Waals surface area contributed by atoms with Gasteiger partial charge in [0.05, 0.1) is 17.5 Å². The summed E-state index contributed by atoms with van der Waals surface area (Å²) in [6, 6.07) is 4.24. The zero-order valence-corrected chi connectivity index (χ0v) is 11.4. The molecule has 17 heavy (non-hydrogen) atoms. The number of halogens is 1. The standard InChI is InChI=1S/C13H16ClNOS/c1-2-5-15-12(8-10-3-6-16-9-10)13-11(14)4-7-17-13/h3-4,6-7,9,12,15H,2,5,8H2,1H3. The van der Waals surface area contributed by atoms with E-state index in [9.17, 15) is 0 Å². The Morgan fingerprint density at radius 2 is 2.35 bits per heavy atom. The lowest BCUT2D eigenvalue weighted by molar-refractivity contribution is 0.526. The van der Waals surface area contributed by atoms with Crippen LogP contribution in [0.15, 0.2) is 34.5 Å². The fourth-order valence-electron chi connectivity index (χ4n) is 1.77. The predicted octanol–water partition coefficient (Wildman–Crippen LogP) is 4.28. The first-order valence-corrected chi connectivity index (χ1v) is 7.04. The van der Waals surface area contributed by atoms with E-state index in [1.807, 2.05) is 17.5 Å². The first-order valence-electron chi connectivity index (χ1n) is 5.78. The monoisotopic (exact) mass is 269 g/mol. The molecule has 4 heteroatoms. The number of thiophene rings is 1. The lowest BCUT2D eigenvalue weighted by Crippen LogP contribution is -2.23.